The Kier molecular flexibility index (Phi) is 7.94. The number of hydrogen-bond acceptors (Lipinski definition) is 6. The first-order valence-corrected chi connectivity index (χ1v) is 6.17. The smallest absolute Gasteiger partial charge is 0.326 e. The highest BCUT2D eigenvalue weighted by atomic mass is 16.4. The summed E-state index contributed by atoms with van der Waals surface area (Å²) in [7, 11) is 0. The maximum atomic E-state index is 11.8. The maximum Gasteiger partial charge on any atom is 0.326 e. The van der Waals surface area contributed by atoms with Gasteiger partial charge in [0, 0.05) is 6.42 Å². The van der Waals surface area contributed by atoms with E-state index in [2.05, 4.69) is 10.6 Å². The molecule has 120 valence electrons. The van der Waals surface area contributed by atoms with Crippen LogP contribution >= 0.6 is 0 Å². The van der Waals surface area contributed by atoms with Crippen LogP contribution in [0.2, 0.25) is 0 Å². The molecular formula is C11H20N4O6. The van der Waals surface area contributed by atoms with E-state index in [4.69, 9.17) is 21.7 Å². The number of hydrogen-bond donors (Lipinski definition) is 6. The van der Waals surface area contributed by atoms with Crippen molar-refractivity contribution in [3.8, 4) is 0 Å². The van der Waals surface area contributed by atoms with E-state index in [9.17, 15) is 19.2 Å². The average molecular weight is 304 g/mol. The Morgan fingerprint density at radius 2 is 1.62 bits per heavy atom. The Balaban J connectivity index is 4.66. The number of carbonyl (C=O) groups is 4. The number of nitrogens with one attached hydrogen (secondary N) is 2. The molecule has 3 unspecified atom stereocenters. The molecule has 0 rings (SSSR count). The number of carbonyl (C=O) groups excluding carboxylic acids is 3. The SMILES string of the molecule is CC(N)C(=O)NC(CO)C(=O)NC(CCC(N)=O)C(=O)O. The van der Waals surface area contributed by atoms with Crippen LogP contribution in [0.15, 0.2) is 0 Å². The predicted molar refractivity (Wildman–Crippen MR) is 70.7 cm³/mol. The molecule has 0 aromatic rings. The molecule has 0 aliphatic carbocycles. The zero-order valence-corrected chi connectivity index (χ0v) is 11.5. The molecule has 10 heteroatoms. The summed E-state index contributed by atoms with van der Waals surface area (Å²) in [5, 5.41) is 22.3. The molecule has 8 N–H and O–H groups in total. The third-order valence-electron chi connectivity index (χ3n) is 2.52. The molecule has 0 saturated heterocycles. The number of amides is 3. The van der Waals surface area contributed by atoms with E-state index in [1.54, 1.807) is 0 Å². The third-order valence-corrected chi connectivity index (χ3v) is 2.52. The molecule has 0 spiro atoms. The van der Waals surface area contributed by atoms with Crippen LogP contribution in [0.25, 0.3) is 0 Å². The normalized spacial score (nSPS) is 14.6. The molecule has 0 aliphatic rings. The van der Waals surface area contributed by atoms with E-state index in [0.717, 1.165) is 0 Å². The Hall–Kier alpha value is -2.20. The molecule has 0 heterocycles. The van der Waals surface area contributed by atoms with Crippen molar-refractivity contribution in [1.29, 1.82) is 0 Å². The Morgan fingerprint density at radius 1 is 1.10 bits per heavy atom. The lowest BCUT2D eigenvalue weighted by Crippen LogP contribution is -2.55. The van der Waals surface area contributed by atoms with E-state index in [0.29, 0.717) is 0 Å². The van der Waals surface area contributed by atoms with Crippen molar-refractivity contribution in [3.05, 3.63) is 0 Å². The van der Waals surface area contributed by atoms with Gasteiger partial charge in [-0.3, -0.25) is 14.4 Å². The van der Waals surface area contributed by atoms with Gasteiger partial charge in [0.05, 0.1) is 12.6 Å². The van der Waals surface area contributed by atoms with Crippen LogP contribution in [0.3, 0.4) is 0 Å². The number of aliphatic hydroxyl groups excluding tert-OH is 1. The first-order valence-electron chi connectivity index (χ1n) is 6.17. The molecular weight excluding hydrogens is 284 g/mol. The van der Waals surface area contributed by atoms with Crippen LogP contribution in [0, 0.1) is 0 Å². The van der Waals surface area contributed by atoms with Gasteiger partial charge in [0.1, 0.15) is 12.1 Å². The van der Waals surface area contributed by atoms with Crippen molar-refractivity contribution >= 4 is 23.7 Å². The molecule has 3 atom stereocenters. The van der Waals surface area contributed by atoms with Crippen LogP contribution in [-0.2, 0) is 19.2 Å². The summed E-state index contributed by atoms with van der Waals surface area (Å²) in [5.41, 5.74) is 10.2. The van der Waals surface area contributed by atoms with Gasteiger partial charge in [-0.25, -0.2) is 4.79 Å². The summed E-state index contributed by atoms with van der Waals surface area (Å²) in [5.74, 6) is -3.64. The summed E-state index contributed by atoms with van der Waals surface area (Å²) in [6.45, 7) is 0.654. The molecule has 0 aliphatic heterocycles. The summed E-state index contributed by atoms with van der Waals surface area (Å²) in [4.78, 5) is 44.7. The van der Waals surface area contributed by atoms with Gasteiger partial charge in [-0.15, -0.1) is 0 Å². The predicted octanol–water partition coefficient (Wildman–Crippen LogP) is -3.35. The summed E-state index contributed by atoms with van der Waals surface area (Å²) < 4.78 is 0. The zero-order valence-electron chi connectivity index (χ0n) is 11.5. The lowest BCUT2D eigenvalue weighted by atomic mass is 10.1. The molecule has 10 nitrogen and oxygen atoms in total. The molecule has 21 heavy (non-hydrogen) atoms. The lowest BCUT2D eigenvalue weighted by Gasteiger charge is -2.20. The van der Waals surface area contributed by atoms with Gasteiger partial charge < -0.3 is 32.3 Å². The van der Waals surface area contributed by atoms with Crippen molar-refractivity contribution in [1.82, 2.24) is 10.6 Å². The van der Waals surface area contributed by atoms with E-state index < -0.39 is 48.4 Å². The molecule has 0 aromatic heterocycles. The van der Waals surface area contributed by atoms with Crippen molar-refractivity contribution in [2.75, 3.05) is 6.61 Å². The number of carboxylic acid groups (broad SMARTS) is 1. The highest BCUT2D eigenvalue weighted by Crippen LogP contribution is 1.98. The topological polar surface area (TPSA) is 185 Å². The maximum absolute atomic E-state index is 11.8. The van der Waals surface area contributed by atoms with E-state index in [1.807, 2.05) is 0 Å². The average Bonchev–Trinajstić information content (AvgIpc) is 2.39. The molecule has 0 fully saturated rings. The van der Waals surface area contributed by atoms with Gasteiger partial charge in [-0.05, 0) is 13.3 Å². The highest BCUT2D eigenvalue weighted by molar-refractivity contribution is 5.91. The lowest BCUT2D eigenvalue weighted by molar-refractivity contribution is -0.142. The summed E-state index contributed by atoms with van der Waals surface area (Å²) in [6.07, 6.45) is -0.428. The van der Waals surface area contributed by atoms with E-state index >= 15 is 0 Å². The number of aliphatic hydroxyl groups is 1. The van der Waals surface area contributed by atoms with Crippen molar-refractivity contribution in [2.45, 2.75) is 37.9 Å². The van der Waals surface area contributed by atoms with Gasteiger partial charge in [-0.2, -0.15) is 0 Å². The number of aliphatic carboxylic acids is 1. The summed E-state index contributed by atoms with van der Waals surface area (Å²) >= 11 is 0. The number of primary amides is 1. The quantitative estimate of drug-likeness (QED) is 0.257. The second-order valence-corrected chi connectivity index (χ2v) is 4.44. The van der Waals surface area contributed by atoms with Gasteiger partial charge in [-0.1, -0.05) is 0 Å². The fourth-order valence-corrected chi connectivity index (χ4v) is 1.31. The fraction of sp³-hybridized carbons (Fsp3) is 0.636. The number of carboxylic acids is 1. The third kappa shape index (κ3) is 7.22. The molecule has 0 bridgehead atoms. The highest BCUT2D eigenvalue weighted by Gasteiger charge is 2.26. The molecule has 0 saturated carbocycles. The van der Waals surface area contributed by atoms with Gasteiger partial charge >= 0.3 is 5.97 Å². The minimum absolute atomic E-state index is 0.199. The fourth-order valence-electron chi connectivity index (χ4n) is 1.31. The Bertz CT molecular complexity index is 412. The standard InChI is InChI=1S/C11H20N4O6/c1-5(12)9(18)15-7(4-16)10(19)14-6(11(20)21)2-3-8(13)17/h5-7,16H,2-4,12H2,1H3,(H2,13,17)(H,14,19)(H,15,18)(H,20,21). The van der Waals surface area contributed by atoms with Gasteiger partial charge in [0.15, 0.2) is 0 Å². The van der Waals surface area contributed by atoms with Crippen LogP contribution < -0.4 is 22.1 Å². The van der Waals surface area contributed by atoms with Crippen LogP contribution in [-0.4, -0.2) is 58.6 Å². The zero-order chi connectivity index (χ0) is 16.6. The largest absolute Gasteiger partial charge is 0.480 e. The van der Waals surface area contributed by atoms with E-state index in [1.165, 1.54) is 6.92 Å². The molecule has 0 aromatic carbocycles. The monoisotopic (exact) mass is 304 g/mol. The summed E-state index contributed by atoms with van der Waals surface area (Å²) in [6, 6.07) is -3.58. The van der Waals surface area contributed by atoms with Crippen LogP contribution in [0.4, 0.5) is 0 Å². The Labute approximate surface area is 120 Å². The minimum atomic E-state index is -1.36. The number of nitrogens with two attached hydrogens (primary N) is 2. The number of rotatable bonds is 9. The van der Waals surface area contributed by atoms with Crippen molar-refractivity contribution < 1.29 is 29.4 Å². The molecule has 3 amide bonds. The van der Waals surface area contributed by atoms with Crippen LogP contribution in [0.5, 0.6) is 0 Å². The van der Waals surface area contributed by atoms with Gasteiger partial charge in [0.25, 0.3) is 0 Å². The van der Waals surface area contributed by atoms with E-state index in [-0.39, 0.29) is 12.8 Å². The molecule has 0 radical (unpaired) electrons. The Morgan fingerprint density at radius 3 is 2.00 bits per heavy atom. The van der Waals surface area contributed by atoms with Crippen molar-refractivity contribution in [2.24, 2.45) is 11.5 Å². The van der Waals surface area contributed by atoms with Gasteiger partial charge in [0.2, 0.25) is 17.7 Å². The second kappa shape index (κ2) is 8.87. The second-order valence-electron chi connectivity index (χ2n) is 4.44. The van der Waals surface area contributed by atoms with Crippen molar-refractivity contribution in [3.63, 3.8) is 0 Å². The van der Waals surface area contributed by atoms with Crippen LogP contribution in [0.1, 0.15) is 19.8 Å². The first-order chi connectivity index (χ1) is 9.68. The first kappa shape index (κ1) is 18.8. The minimum Gasteiger partial charge on any atom is -0.480 e.